The standard InChI is InChI=1S/C20H26N6/c1-4-17-13-19(26-20(22-17)15(2)16(3)23-26)25-11-9-24(10-12-25)14-18-7-5-6-8-21-18/h5-8,13H,4,9-12,14H2,1-3H3. The summed E-state index contributed by atoms with van der Waals surface area (Å²) < 4.78 is 2.03. The van der Waals surface area contributed by atoms with Crippen molar-refractivity contribution < 1.29 is 0 Å². The summed E-state index contributed by atoms with van der Waals surface area (Å²) in [6.45, 7) is 11.3. The Bertz CT molecular complexity index is 894. The first-order valence-corrected chi connectivity index (χ1v) is 9.38. The number of rotatable bonds is 4. The molecule has 0 bridgehead atoms. The first kappa shape index (κ1) is 17.0. The Morgan fingerprint density at radius 3 is 2.54 bits per heavy atom. The van der Waals surface area contributed by atoms with E-state index in [9.17, 15) is 0 Å². The maximum Gasteiger partial charge on any atom is 0.160 e. The highest BCUT2D eigenvalue weighted by Crippen LogP contribution is 2.23. The first-order chi connectivity index (χ1) is 12.7. The number of piperazine rings is 1. The zero-order valence-corrected chi connectivity index (χ0v) is 15.8. The van der Waals surface area contributed by atoms with Crippen LogP contribution >= 0.6 is 0 Å². The van der Waals surface area contributed by atoms with Gasteiger partial charge in [-0.25, -0.2) is 4.98 Å². The van der Waals surface area contributed by atoms with Crippen LogP contribution in [0.5, 0.6) is 0 Å². The van der Waals surface area contributed by atoms with E-state index >= 15 is 0 Å². The van der Waals surface area contributed by atoms with Crippen molar-refractivity contribution in [2.75, 3.05) is 31.1 Å². The average Bonchev–Trinajstić information content (AvgIpc) is 2.97. The number of fused-ring (bicyclic) bond motifs is 1. The van der Waals surface area contributed by atoms with Crippen LogP contribution in [-0.2, 0) is 13.0 Å². The van der Waals surface area contributed by atoms with Gasteiger partial charge in [-0.15, -0.1) is 0 Å². The molecule has 4 rings (SSSR count). The minimum atomic E-state index is 0.917. The third kappa shape index (κ3) is 3.17. The Labute approximate surface area is 154 Å². The molecular weight excluding hydrogens is 324 g/mol. The third-order valence-electron chi connectivity index (χ3n) is 5.26. The maximum absolute atomic E-state index is 4.80. The summed E-state index contributed by atoms with van der Waals surface area (Å²) in [6, 6.07) is 8.32. The second-order valence-electron chi connectivity index (χ2n) is 6.99. The van der Waals surface area contributed by atoms with Gasteiger partial charge in [-0.1, -0.05) is 13.0 Å². The van der Waals surface area contributed by atoms with E-state index in [4.69, 9.17) is 10.1 Å². The van der Waals surface area contributed by atoms with Crippen LogP contribution in [0.25, 0.3) is 5.65 Å². The summed E-state index contributed by atoms with van der Waals surface area (Å²) in [4.78, 5) is 14.2. The van der Waals surface area contributed by atoms with Crippen LogP contribution in [-0.4, -0.2) is 50.7 Å². The predicted octanol–water partition coefficient (Wildman–Crippen LogP) is 2.63. The van der Waals surface area contributed by atoms with Crippen molar-refractivity contribution in [3.63, 3.8) is 0 Å². The summed E-state index contributed by atoms with van der Waals surface area (Å²) in [5.74, 6) is 1.17. The molecule has 1 aliphatic rings. The van der Waals surface area contributed by atoms with E-state index in [0.717, 1.165) is 61.9 Å². The van der Waals surface area contributed by atoms with Gasteiger partial charge in [-0.2, -0.15) is 9.61 Å². The highest BCUT2D eigenvalue weighted by molar-refractivity contribution is 5.57. The van der Waals surface area contributed by atoms with Crippen molar-refractivity contribution in [2.24, 2.45) is 0 Å². The molecule has 0 aromatic carbocycles. The second kappa shape index (κ2) is 7.03. The Kier molecular flexibility index (Phi) is 4.59. The Balaban J connectivity index is 1.55. The van der Waals surface area contributed by atoms with Crippen molar-refractivity contribution in [3.8, 4) is 0 Å². The average molecular weight is 350 g/mol. The van der Waals surface area contributed by atoms with Crippen molar-refractivity contribution in [1.82, 2.24) is 24.5 Å². The van der Waals surface area contributed by atoms with E-state index in [1.807, 2.05) is 16.8 Å². The molecule has 1 aliphatic heterocycles. The normalized spacial score (nSPS) is 15.7. The Morgan fingerprint density at radius 2 is 1.85 bits per heavy atom. The van der Waals surface area contributed by atoms with E-state index < -0.39 is 0 Å². The number of aryl methyl sites for hydroxylation is 3. The van der Waals surface area contributed by atoms with E-state index in [0.29, 0.717) is 0 Å². The van der Waals surface area contributed by atoms with Crippen LogP contribution < -0.4 is 4.90 Å². The molecule has 0 atom stereocenters. The SMILES string of the molecule is CCc1cc(N2CCN(Cc3ccccn3)CC2)n2nc(C)c(C)c2n1. The molecule has 1 saturated heterocycles. The molecule has 6 heteroatoms. The van der Waals surface area contributed by atoms with Gasteiger partial charge >= 0.3 is 0 Å². The minimum absolute atomic E-state index is 0.917. The molecule has 0 spiro atoms. The van der Waals surface area contributed by atoms with Gasteiger partial charge in [0.05, 0.1) is 11.4 Å². The zero-order valence-electron chi connectivity index (χ0n) is 15.8. The molecule has 0 saturated carbocycles. The maximum atomic E-state index is 4.80. The monoisotopic (exact) mass is 350 g/mol. The van der Waals surface area contributed by atoms with Gasteiger partial charge in [0.25, 0.3) is 0 Å². The molecule has 26 heavy (non-hydrogen) atoms. The van der Waals surface area contributed by atoms with Gasteiger partial charge in [0.15, 0.2) is 5.65 Å². The summed E-state index contributed by atoms with van der Waals surface area (Å²) in [5.41, 5.74) is 5.49. The molecule has 0 unspecified atom stereocenters. The number of hydrogen-bond acceptors (Lipinski definition) is 5. The Hall–Kier alpha value is -2.47. The molecule has 0 radical (unpaired) electrons. The lowest BCUT2D eigenvalue weighted by atomic mass is 10.2. The van der Waals surface area contributed by atoms with E-state index in [1.54, 1.807) is 0 Å². The van der Waals surface area contributed by atoms with Gasteiger partial charge in [-0.3, -0.25) is 9.88 Å². The van der Waals surface area contributed by atoms with Crippen molar-refractivity contribution >= 4 is 11.5 Å². The molecule has 3 aromatic rings. The van der Waals surface area contributed by atoms with Gasteiger partial charge < -0.3 is 4.90 Å². The lowest BCUT2D eigenvalue weighted by Gasteiger charge is -2.35. The molecule has 6 nitrogen and oxygen atoms in total. The van der Waals surface area contributed by atoms with E-state index in [-0.39, 0.29) is 0 Å². The number of anilines is 1. The fourth-order valence-electron chi connectivity index (χ4n) is 3.52. The number of hydrogen-bond donors (Lipinski definition) is 0. The predicted molar refractivity (Wildman–Crippen MR) is 104 cm³/mol. The van der Waals surface area contributed by atoms with Crippen LogP contribution in [0.1, 0.15) is 29.6 Å². The van der Waals surface area contributed by atoms with Gasteiger partial charge in [0.2, 0.25) is 0 Å². The third-order valence-corrected chi connectivity index (χ3v) is 5.26. The summed E-state index contributed by atoms with van der Waals surface area (Å²) in [5, 5.41) is 4.74. The quantitative estimate of drug-likeness (QED) is 0.724. The largest absolute Gasteiger partial charge is 0.354 e. The van der Waals surface area contributed by atoms with E-state index in [2.05, 4.69) is 53.8 Å². The molecule has 136 valence electrons. The highest BCUT2D eigenvalue weighted by Gasteiger charge is 2.21. The van der Waals surface area contributed by atoms with Crippen LogP contribution in [0.15, 0.2) is 30.5 Å². The van der Waals surface area contributed by atoms with Gasteiger partial charge in [-0.05, 0) is 32.4 Å². The number of pyridine rings is 1. The first-order valence-electron chi connectivity index (χ1n) is 9.38. The molecular formula is C20H26N6. The summed E-state index contributed by atoms with van der Waals surface area (Å²) in [6.07, 6.45) is 2.81. The summed E-state index contributed by atoms with van der Waals surface area (Å²) >= 11 is 0. The number of nitrogens with zero attached hydrogens (tertiary/aromatic N) is 6. The lowest BCUT2D eigenvalue weighted by Crippen LogP contribution is -2.46. The smallest absolute Gasteiger partial charge is 0.160 e. The van der Waals surface area contributed by atoms with Gasteiger partial charge in [0.1, 0.15) is 5.82 Å². The molecule has 0 N–H and O–H groups in total. The van der Waals surface area contributed by atoms with Crippen molar-refractivity contribution in [3.05, 3.63) is 53.1 Å². The summed E-state index contributed by atoms with van der Waals surface area (Å²) in [7, 11) is 0. The van der Waals surface area contributed by atoms with Crippen molar-refractivity contribution in [1.29, 1.82) is 0 Å². The second-order valence-corrected chi connectivity index (χ2v) is 6.99. The minimum Gasteiger partial charge on any atom is -0.354 e. The molecule has 0 aliphatic carbocycles. The lowest BCUT2D eigenvalue weighted by molar-refractivity contribution is 0.246. The highest BCUT2D eigenvalue weighted by atomic mass is 15.4. The Morgan fingerprint density at radius 1 is 1.04 bits per heavy atom. The zero-order chi connectivity index (χ0) is 18.1. The van der Waals surface area contributed by atoms with E-state index in [1.165, 1.54) is 11.4 Å². The van der Waals surface area contributed by atoms with Crippen LogP contribution in [0, 0.1) is 13.8 Å². The van der Waals surface area contributed by atoms with Crippen LogP contribution in [0.2, 0.25) is 0 Å². The van der Waals surface area contributed by atoms with Crippen LogP contribution in [0.3, 0.4) is 0 Å². The van der Waals surface area contributed by atoms with Gasteiger partial charge in [0, 0.05) is 56.2 Å². The fraction of sp³-hybridized carbons (Fsp3) is 0.450. The number of aromatic nitrogens is 4. The molecule has 3 aromatic heterocycles. The molecule has 4 heterocycles. The topological polar surface area (TPSA) is 49.6 Å². The fourth-order valence-corrected chi connectivity index (χ4v) is 3.52. The van der Waals surface area contributed by atoms with Crippen LogP contribution in [0.4, 0.5) is 5.82 Å². The molecule has 0 amide bonds. The molecule has 1 fully saturated rings. The van der Waals surface area contributed by atoms with Crippen molar-refractivity contribution in [2.45, 2.75) is 33.7 Å².